The number of halogens is 2. The number of nitrogens with zero attached hydrogens (tertiary/aromatic N) is 2. The zero-order valence-corrected chi connectivity index (χ0v) is 19.5. The number of hydrogen-bond donors (Lipinski definition) is 2. The number of nitrogens with two attached hydrogens (primary N) is 1. The summed E-state index contributed by atoms with van der Waals surface area (Å²) in [6.45, 7) is -0.758. The molecule has 188 valence electrons. The van der Waals surface area contributed by atoms with E-state index in [1.807, 2.05) is 35.2 Å². The first kappa shape index (κ1) is 25.2. The lowest BCUT2D eigenvalue weighted by molar-refractivity contribution is -0.118. The number of benzene rings is 2. The third-order valence-electron chi connectivity index (χ3n) is 5.70. The maximum Gasteiger partial charge on any atom is 0.387 e. The van der Waals surface area contributed by atoms with Crippen LogP contribution in [0.4, 0.5) is 20.3 Å². The molecule has 0 aliphatic carbocycles. The standard InChI is InChI=1S/C26H26F2N4O4/c27-26(28)36-23-7-5-19(14-21(23)31-25(34)16-32-9-11-35-12-10-32)22(33)13-17-1-3-18(4-2-17)20-6-8-24(29)30-15-20/h1-8,14-15,26H,9-13,16H2,(H2,29,30)(H,31,34). The lowest BCUT2D eigenvalue weighted by atomic mass is 9.99. The van der Waals surface area contributed by atoms with Crippen LogP contribution >= 0.6 is 0 Å². The zero-order chi connectivity index (χ0) is 25.5. The molecule has 1 aliphatic heterocycles. The van der Waals surface area contributed by atoms with Gasteiger partial charge in [0.2, 0.25) is 5.91 Å². The number of anilines is 2. The van der Waals surface area contributed by atoms with Crippen molar-refractivity contribution >= 4 is 23.2 Å². The Hall–Kier alpha value is -3.89. The summed E-state index contributed by atoms with van der Waals surface area (Å²) in [4.78, 5) is 31.4. The lowest BCUT2D eigenvalue weighted by Gasteiger charge is -2.26. The van der Waals surface area contributed by atoms with Gasteiger partial charge in [0.25, 0.3) is 0 Å². The van der Waals surface area contributed by atoms with Crippen LogP contribution in [-0.4, -0.2) is 61.0 Å². The molecule has 1 aromatic heterocycles. The van der Waals surface area contributed by atoms with E-state index in [0.717, 1.165) is 16.7 Å². The molecule has 0 atom stereocenters. The Balaban J connectivity index is 1.46. The van der Waals surface area contributed by atoms with Crippen molar-refractivity contribution in [1.29, 1.82) is 0 Å². The predicted molar refractivity (Wildman–Crippen MR) is 131 cm³/mol. The highest BCUT2D eigenvalue weighted by Crippen LogP contribution is 2.28. The molecule has 0 bridgehead atoms. The van der Waals surface area contributed by atoms with Crippen molar-refractivity contribution in [3.63, 3.8) is 0 Å². The van der Waals surface area contributed by atoms with E-state index in [9.17, 15) is 18.4 Å². The Bertz CT molecular complexity index is 1200. The van der Waals surface area contributed by atoms with Crippen LogP contribution < -0.4 is 15.8 Å². The van der Waals surface area contributed by atoms with Crippen LogP contribution in [0, 0.1) is 0 Å². The minimum Gasteiger partial charge on any atom is -0.433 e. The Morgan fingerprint density at radius 2 is 1.78 bits per heavy atom. The Morgan fingerprint density at radius 1 is 1.06 bits per heavy atom. The molecule has 0 radical (unpaired) electrons. The first-order chi connectivity index (χ1) is 17.4. The molecule has 0 unspecified atom stereocenters. The van der Waals surface area contributed by atoms with E-state index in [2.05, 4.69) is 15.0 Å². The van der Waals surface area contributed by atoms with Crippen LogP contribution in [0.1, 0.15) is 15.9 Å². The molecule has 2 heterocycles. The number of rotatable bonds is 9. The molecule has 2 aromatic carbocycles. The van der Waals surface area contributed by atoms with Gasteiger partial charge in [-0.1, -0.05) is 24.3 Å². The minimum atomic E-state index is -3.07. The van der Waals surface area contributed by atoms with Crippen molar-refractivity contribution < 1.29 is 27.8 Å². The Morgan fingerprint density at radius 3 is 2.44 bits per heavy atom. The van der Waals surface area contributed by atoms with Gasteiger partial charge in [-0.2, -0.15) is 8.78 Å². The Kier molecular flexibility index (Phi) is 8.19. The number of aromatic nitrogens is 1. The first-order valence-corrected chi connectivity index (χ1v) is 11.4. The SMILES string of the molecule is Nc1ccc(-c2ccc(CC(=O)c3ccc(OC(F)F)c(NC(=O)CN4CCOCC4)c3)cc2)cn1. The third-order valence-corrected chi connectivity index (χ3v) is 5.70. The number of ketones is 1. The van der Waals surface area contributed by atoms with Crippen LogP contribution in [0.5, 0.6) is 5.75 Å². The number of amides is 1. The van der Waals surface area contributed by atoms with Gasteiger partial charge in [0.05, 0.1) is 25.4 Å². The summed E-state index contributed by atoms with van der Waals surface area (Å²) in [6.07, 6.45) is 1.77. The number of Topliss-reactive ketones (excluding diaryl/α,β-unsaturated/α-hetero) is 1. The van der Waals surface area contributed by atoms with Gasteiger partial charge in [-0.15, -0.1) is 0 Å². The molecule has 0 saturated carbocycles. The molecule has 1 fully saturated rings. The van der Waals surface area contributed by atoms with Gasteiger partial charge in [0.1, 0.15) is 11.6 Å². The Labute approximate surface area is 207 Å². The number of hydrogen-bond acceptors (Lipinski definition) is 7. The van der Waals surface area contributed by atoms with Crippen LogP contribution in [0.2, 0.25) is 0 Å². The van der Waals surface area contributed by atoms with Gasteiger partial charge in [0.15, 0.2) is 5.78 Å². The van der Waals surface area contributed by atoms with Crippen molar-refractivity contribution in [3.05, 3.63) is 71.9 Å². The van der Waals surface area contributed by atoms with E-state index in [4.69, 9.17) is 10.5 Å². The largest absolute Gasteiger partial charge is 0.433 e. The summed E-state index contributed by atoms with van der Waals surface area (Å²) >= 11 is 0. The molecule has 10 heteroatoms. The summed E-state index contributed by atoms with van der Waals surface area (Å²) in [5.41, 5.74) is 8.52. The van der Waals surface area contributed by atoms with Crippen molar-refractivity contribution in [2.45, 2.75) is 13.0 Å². The summed E-state index contributed by atoms with van der Waals surface area (Å²) in [5, 5.41) is 2.61. The molecule has 4 rings (SSSR count). The van der Waals surface area contributed by atoms with E-state index >= 15 is 0 Å². The van der Waals surface area contributed by atoms with Gasteiger partial charge in [-0.05, 0) is 41.5 Å². The summed E-state index contributed by atoms with van der Waals surface area (Å²) < 4.78 is 35.6. The molecule has 8 nitrogen and oxygen atoms in total. The number of morpholine rings is 1. The number of ether oxygens (including phenoxy) is 2. The maximum atomic E-state index is 12.9. The second-order valence-electron chi connectivity index (χ2n) is 8.29. The monoisotopic (exact) mass is 496 g/mol. The maximum absolute atomic E-state index is 12.9. The van der Waals surface area contributed by atoms with E-state index in [0.29, 0.717) is 32.1 Å². The second-order valence-corrected chi connectivity index (χ2v) is 8.29. The summed E-state index contributed by atoms with van der Waals surface area (Å²) in [7, 11) is 0. The topological polar surface area (TPSA) is 107 Å². The predicted octanol–water partition coefficient (Wildman–Crippen LogP) is 3.63. The average molecular weight is 497 g/mol. The minimum absolute atomic E-state index is 0.0191. The van der Waals surface area contributed by atoms with Gasteiger partial charge >= 0.3 is 6.61 Å². The highest BCUT2D eigenvalue weighted by molar-refractivity contribution is 6.00. The molecule has 3 N–H and O–H groups in total. The molecule has 1 amide bonds. The normalized spacial score (nSPS) is 14.0. The lowest BCUT2D eigenvalue weighted by Crippen LogP contribution is -2.41. The van der Waals surface area contributed by atoms with Crippen molar-refractivity contribution in [2.24, 2.45) is 0 Å². The van der Waals surface area contributed by atoms with Crippen molar-refractivity contribution in [1.82, 2.24) is 9.88 Å². The molecular weight excluding hydrogens is 470 g/mol. The van der Waals surface area contributed by atoms with E-state index in [1.54, 1.807) is 12.3 Å². The van der Waals surface area contributed by atoms with Gasteiger partial charge in [-0.25, -0.2) is 4.98 Å². The van der Waals surface area contributed by atoms with E-state index in [1.165, 1.54) is 18.2 Å². The number of alkyl halides is 2. The van der Waals surface area contributed by atoms with E-state index in [-0.39, 0.29) is 35.7 Å². The highest BCUT2D eigenvalue weighted by Gasteiger charge is 2.19. The number of carbonyl (C=O) groups excluding carboxylic acids is 2. The van der Waals surface area contributed by atoms with Crippen LogP contribution in [0.3, 0.4) is 0 Å². The molecule has 36 heavy (non-hydrogen) atoms. The second kappa shape index (κ2) is 11.7. The molecule has 1 aliphatic rings. The fourth-order valence-electron chi connectivity index (χ4n) is 3.83. The molecule has 0 spiro atoms. The average Bonchev–Trinajstić information content (AvgIpc) is 2.86. The fourth-order valence-corrected chi connectivity index (χ4v) is 3.83. The van der Waals surface area contributed by atoms with Crippen LogP contribution in [0.15, 0.2) is 60.8 Å². The quantitative estimate of drug-likeness (QED) is 0.436. The van der Waals surface area contributed by atoms with Gasteiger partial charge < -0.3 is 20.5 Å². The molecule has 1 saturated heterocycles. The first-order valence-electron chi connectivity index (χ1n) is 11.4. The van der Waals surface area contributed by atoms with Gasteiger partial charge in [0, 0.05) is 36.8 Å². The number of nitrogens with one attached hydrogen (secondary N) is 1. The smallest absolute Gasteiger partial charge is 0.387 e. The summed E-state index contributed by atoms with van der Waals surface area (Å²) in [6, 6.07) is 15.1. The summed E-state index contributed by atoms with van der Waals surface area (Å²) in [5.74, 6) is -0.404. The zero-order valence-electron chi connectivity index (χ0n) is 19.5. The van der Waals surface area contributed by atoms with Gasteiger partial charge in [-0.3, -0.25) is 14.5 Å². The number of carbonyl (C=O) groups is 2. The van der Waals surface area contributed by atoms with Crippen LogP contribution in [-0.2, 0) is 16.0 Å². The molecular formula is C26H26F2N4O4. The number of pyridine rings is 1. The number of nitrogen functional groups attached to an aromatic ring is 1. The van der Waals surface area contributed by atoms with E-state index < -0.39 is 12.5 Å². The van der Waals surface area contributed by atoms with Crippen molar-refractivity contribution in [2.75, 3.05) is 43.9 Å². The highest BCUT2D eigenvalue weighted by atomic mass is 19.3. The fraction of sp³-hybridized carbons (Fsp3) is 0.269. The third kappa shape index (κ3) is 6.83. The van der Waals surface area contributed by atoms with Crippen LogP contribution in [0.25, 0.3) is 11.1 Å². The molecule has 3 aromatic rings. The van der Waals surface area contributed by atoms with Crippen molar-refractivity contribution in [3.8, 4) is 16.9 Å².